The highest BCUT2D eigenvalue weighted by Crippen LogP contribution is 2.45. The van der Waals surface area contributed by atoms with Crippen molar-refractivity contribution in [1.29, 1.82) is 0 Å². The van der Waals surface area contributed by atoms with E-state index in [4.69, 9.17) is 18.5 Å². The number of phosphoric acid groups is 2. The lowest BCUT2D eigenvalue weighted by Crippen LogP contribution is -2.25. The molecular weight excluding hydrogens is 963 g/mol. The van der Waals surface area contributed by atoms with E-state index in [0.717, 1.165) is 64.2 Å². The van der Waals surface area contributed by atoms with Crippen molar-refractivity contribution in [3.63, 3.8) is 0 Å². The molecule has 0 radical (unpaired) electrons. The molecule has 0 bridgehead atoms. The fourth-order valence-electron chi connectivity index (χ4n) is 7.39. The van der Waals surface area contributed by atoms with Gasteiger partial charge in [-0.15, -0.1) is 0 Å². The molecule has 0 aromatic carbocycles. The minimum Gasteiger partial charge on any atom is -0.463 e. The zero-order valence-corrected chi connectivity index (χ0v) is 46.6. The van der Waals surface area contributed by atoms with E-state index in [2.05, 4.69) is 71.5 Å². The summed E-state index contributed by atoms with van der Waals surface area (Å²) in [5.74, 6) is -1.000. The number of hydrogen-bond donors (Lipinski definition) is 5. The van der Waals surface area contributed by atoms with E-state index >= 15 is 0 Å². The van der Waals surface area contributed by atoms with Gasteiger partial charge in [-0.25, -0.2) is 9.13 Å². The van der Waals surface area contributed by atoms with Crippen LogP contribution in [0.25, 0.3) is 0 Å². The van der Waals surface area contributed by atoms with Crippen LogP contribution in [-0.4, -0.2) is 95.0 Å². The first-order valence-electron chi connectivity index (χ1n) is 28.0. The van der Waals surface area contributed by atoms with E-state index in [-0.39, 0.29) is 12.8 Å². The van der Waals surface area contributed by atoms with Crippen molar-refractivity contribution >= 4 is 27.6 Å². The molecule has 0 aliphatic rings. The maximum absolute atomic E-state index is 12.2. The van der Waals surface area contributed by atoms with Crippen LogP contribution in [0.15, 0.2) is 48.6 Å². The third-order valence-electron chi connectivity index (χ3n) is 11.8. The molecule has 0 aromatic rings. The molecular formula is C55H102O15P2. The monoisotopic (exact) mass is 1060 g/mol. The maximum Gasteiger partial charge on any atom is 0.472 e. The second-order valence-corrected chi connectivity index (χ2v) is 21.9. The third kappa shape index (κ3) is 52.8. The molecule has 17 heteroatoms. The lowest BCUT2D eigenvalue weighted by Gasteiger charge is -2.19. The predicted molar refractivity (Wildman–Crippen MR) is 288 cm³/mol. The van der Waals surface area contributed by atoms with Gasteiger partial charge in [0.05, 0.1) is 26.4 Å². The van der Waals surface area contributed by atoms with Crippen LogP contribution in [0.2, 0.25) is 0 Å². The molecule has 0 aliphatic heterocycles. The van der Waals surface area contributed by atoms with Crippen LogP contribution in [0, 0.1) is 0 Å². The zero-order valence-electron chi connectivity index (χ0n) is 44.8. The summed E-state index contributed by atoms with van der Waals surface area (Å²) in [4.78, 5) is 43.9. The van der Waals surface area contributed by atoms with Gasteiger partial charge in [-0.3, -0.25) is 27.7 Å². The smallest absolute Gasteiger partial charge is 0.463 e. The van der Waals surface area contributed by atoms with E-state index in [9.17, 15) is 43.8 Å². The Morgan fingerprint density at radius 3 is 0.931 bits per heavy atom. The number of ether oxygens (including phenoxy) is 2. The summed E-state index contributed by atoms with van der Waals surface area (Å²) in [7, 11) is -9.58. The van der Waals surface area contributed by atoms with Gasteiger partial charge in [0, 0.05) is 12.8 Å². The molecule has 0 aromatic heterocycles. The van der Waals surface area contributed by atoms with Gasteiger partial charge in [0.2, 0.25) is 0 Å². The lowest BCUT2D eigenvalue weighted by molar-refractivity contribution is -0.148. The lowest BCUT2D eigenvalue weighted by atomic mass is 10.1. The Morgan fingerprint density at radius 1 is 0.361 bits per heavy atom. The molecule has 72 heavy (non-hydrogen) atoms. The van der Waals surface area contributed by atoms with Crippen LogP contribution in [0.1, 0.15) is 232 Å². The van der Waals surface area contributed by atoms with E-state index in [0.29, 0.717) is 12.8 Å². The first-order chi connectivity index (χ1) is 34.8. The van der Waals surface area contributed by atoms with Gasteiger partial charge >= 0.3 is 27.6 Å². The Bertz CT molecular complexity index is 1470. The molecule has 5 unspecified atom stereocenters. The minimum atomic E-state index is -4.79. The predicted octanol–water partition coefficient (Wildman–Crippen LogP) is 14.0. The number of aliphatic hydroxyl groups is 3. The largest absolute Gasteiger partial charge is 0.472 e. The van der Waals surface area contributed by atoms with E-state index in [1.165, 1.54) is 128 Å². The number of rotatable bonds is 54. The van der Waals surface area contributed by atoms with Crippen molar-refractivity contribution in [2.24, 2.45) is 0 Å². The highest BCUT2D eigenvalue weighted by Gasteiger charge is 2.28. The number of unbranched alkanes of at least 4 members (excludes halogenated alkanes) is 26. The minimum absolute atomic E-state index is 0.187. The topological polar surface area (TPSA) is 225 Å². The van der Waals surface area contributed by atoms with Crippen molar-refractivity contribution in [2.75, 3.05) is 39.6 Å². The first-order valence-corrected chi connectivity index (χ1v) is 31.0. The number of hydrogen-bond acceptors (Lipinski definition) is 13. The summed E-state index contributed by atoms with van der Waals surface area (Å²) in [6.45, 7) is 0.417. The SMILES string of the molecule is CCCCC/C=C\C/C=C\C/C=C\CCCCCCCCCCC(=O)OCC(O)COP(=O)(O)OCC(O)COP(=O)(O)OCC(O)COC(=O)CCCCCCCCCCC/C=C/CCCCCCCC. The molecule has 0 heterocycles. The number of aliphatic hydroxyl groups excluding tert-OH is 3. The van der Waals surface area contributed by atoms with Gasteiger partial charge < -0.3 is 34.6 Å². The standard InChI is InChI=1S/C55H102O15P2/c1-3-5-7-9-11-13-15-17-19-21-23-24-26-28-30-32-34-36-38-40-42-44-55(60)66-46-52(57)48-68-72(63,64)70-50-53(58)49-69-71(61,62)67-47-51(56)45-65-54(59)43-41-39-37-35-33-31-29-27-25-22-20-18-16-14-12-10-8-6-4-2/h11,13,17-20,23-24,51-53,56-58H,3-10,12,14-16,21-22,25-50H2,1-2H3,(H,61,62)(H,63,64)/b13-11-,19-17-,20-18+,24-23-. The van der Waals surface area contributed by atoms with Gasteiger partial charge in [-0.2, -0.15) is 0 Å². The van der Waals surface area contributed by atoms with E-state index in [1.54, 1.807) is 0 Å². The molecule has 422 valence electrons. The Morgan fingerprint density at radius 2 is 0.597 bits per heavy atom. The zero-order chi connectivity index (χ0) is 53.1. The molecule has 0 aliphatic carbocycles. The number of carbonyl (C=O) groups is 2. The summed E-state index contributed by atoms with van der Waals surface area (Å²) in [6.07, 6.45) is 50.8. The number of esters is 2. The molecule has 5 atom stereocenters. The second kappa shape index (κ2) is 51.1. The third-order valence-corrected chi connectivity index (χ3v) is 13.7. The van der Waals surface area contributed by atoms with Gasteiger partial charge in [0.25, 0.3) is 0 Å². The summed E-state index contributed by atoms with van der Waals surface area (Å²) >= 11 is 0. The Balaban J connectivity index is 3.83. The van der Waals surface area contributed by atoms with Crippen LogP contribution >= 0.6 is 15.6 Å². The van der Waals surface area contributed by atoms with Crippen molar-refractivity contribution in [2.45, 2.75) is 250 Å². The van der Waals surface area contributed by atoms with Crippen molar-refractivity contribution in [3.8, 4) is 0 Å². The summed E-state index contributed by atoms with van der Waals surface area (Å²) < 4.78 is 53.2. The van der Waals surface area contributed by atoms with Gasteiger partial charge in [0.15, 0.2) is 0 Å². The number of carbonyl (C=O) groups excluding carboxylic acids is 2. The maximum atomic E-state index is 12.2. The Kier molecular flexibility index (Phi) is 49.7. The average molecular weight is 1070 g/mol. The van der Waals surface area contributed by atoms with Crippen LogP contribution in [0.5, 0.6) is 0 Å². The molecule has 0 spiro atoms. The van der Waals surface area contributed by atoms with Crippen LogP contribution in [0.3, 0.4) is 0 Å². The van der Waals surface area contributed by atoms with Crippen molar-refractivity contribution < 1.29 is 71.4 Å². The van der Waals surface area contributed by atoms with Gasteiger partial charge in [-0.1, -0.05) is 191 Å². The summed E-state index contributed by atoms with van der Waals surface area (Å²) in [6, 6.07) is 0. The van der Waals surface area contributed by atoms with Gasteiger partial charge in [0.1, 0.15) is 31.5 Å². The average Bonchev–Trinajstić information content (AvgIpc) is 3.36. The number of phosphoric ester groups is 2. The van der Waals surface area contributed by atoms with Crippen LogP contribution in [-0.2, 0) is 46.3 Å². The van der Waals surface area contributed by atoms with E-state index in [1.807, 2.05) is 0 Å². The van der Waals surface area contributed by atoms with E-state index < -0.39 is 85.5 Å². The first kappa shape index (κ1) is 70.0. The Hall–Kier alpha value is -2.00. The van der Waals surface area contributed by atoms with Crippen molar-refractivity contribution in [3.05, 3.63) is 48.6 Å². The van der Waals surface area contributed by atoms with Crippen LogP contribution in [0.4, 0.5) is 0 Å². The molecule has 5 N–H and O–H groups in total. The summed E-state index contributed by atoms with van der Waals surface area (Å²) in [5.41, 5.74) is 0. The second-order valence-electron chi connectivity index (χ2n) is 18.9. The molecule has 15 nitrogen and oxygen atoms in total. The molecule has 0 amide bonds. The quantitative estimate of drug-likeness (QED) is 0.0165. The van der Waals surface area contributed by atoms with Gasteiger partial charge in [-0.05, 0) is 77.0 Å². The highest BCUT2D eigenvalue weighted by atomic mass is 31.2. The highest BCUT2D eigenvalue weighted by molar-refractivity contribution is 7.47. The fraction of sp³-hybridized carbons (Fsp3) is 0.818. The van der Waals surface area contributed by atoms with Crippen molar-refractivity contribution in [1.82, 2.24) is 0 Å². The normalized spacial score (nSPS) is 15.2. The molecule has 0 saturated carbocycles. The fourth-order valence-corrected chi connectivity index (χ4v) is 8.98. The Labute approximate surface area is 436 Å². The molecule has 0 rings (SSSR count). The molecule has 0 saturated heterocycles. The molecule has 0 fully saturated rings. The summed E-state index contributed by atoms with van der Waals surface area (Å²) in [5, 5.41) is 30.1. The number of allylic oxidation sites excluding steroid dienone is 8. The van der Waals surface area contributed by atoms with Crippen LogP contribution < -0.4 is 0 Å².